The number of carbonyl (C=O) groups is 1. The lowest BCUT2D eigenvalue weighted by molar-refractivity contribution is -0.121. The van der Waals surface area contributed by atoms with Gasteiger partial charge in [-0.15, -0.1) is 0 Å². The number of hydrogen-bond donors (Lipinski definition) is 2. The lowest BCUT2D eigenvalue weighted by Crippen LogP contribution is -2.30. The fourth-order valence-corrected chi connectivity index (χ4v) is 3.60. The Morgan fingerprint density at radius 3 is 2.36 bits per heavy atom. The van der Waals surface area contributed by atoms with Gasteiger partial charge in [-0.3, -0.25) is 4.79 Å². The second-order valence-electron chi connectivity index (χ2n) is 6.03. The van der Waals surface area contributed by atoms with Crippen molar-refractivity contribution in [1.29, 1.82) is 0 Å². The molecule has 0 spiro atoms. The Hall–Kier alpha value is -2.42. The molecule has 0 radical (unpaired) electrons. The molecule has 0 aliphatic heterocycles. The van der Waals surface area contributed by atoms with E-state index >= 15 is 0 Å². The molecule has 2 rings (SSSR count). The normalized spacial score (nSPS) is 11.2. The molecule has 0 atom stereocenters. The fourth-order valence-electron chi connectivity index (χ4n) is 2.57. The minimum atomic E-state index is -3.67. The molecule has 8 heteroatoms. The minimum Gasteiger partial charge on any atom is -0.494 e. The maximum absolute atomic E-state index is 12.3. The van der Waals surface area contributed by atoms with Crippen LogP contribution in [0, 0.1) is 0 Å². The van der Waals surface area contributed by atoms with Gasteiger partial charge >= 0.3 is 0 Å². The van der Waals surface area contributed by atoms with Crippen molar-refractivity contribution in [1.82, 2.24) is 10.0 Å². The Morgan fingerprint density at radius 1 is 1.04 bits per heavy atom. The van der Waals surface area contributed by atoms with Crippen molar-refractivity contribution in [2.45, 2.75) is 31.4 Å². The van der Waals surface area contributed by atoms with E-state index in [0.29, 0.717) is 25.5 Å². The van der Waals surface area contributed by atoms with Gasteiger partial charge in [0.1, 0.15) is 5.75 Å². The van der Waals surface area contributed by atoms with Crippen LogP contribution < -0.4 is 14.8 Å². The van der Waals surface area contributed by atoms with Crippen LogP contribution in [0.15, 0.2) is 53.4 Å². The van der Waals surface area contributed by atoms with E-state index in [-0.39, 0.29) is 23.8 Å². The Balaban J connectivity index is 1.81. The third-order valence-corrected chi connectivity index (χ3v) is 5.46. The number of sulfonamides is 1. The zero-order valence-corrected chi connectivity index (χ0v) is 16.9. The SMILES string of the molecule is CCOc1ccc(S(=O)(=O)NCCC(=O)NCc2ccccc2COC)cc1. The zero-order valence-electron chi connectivity index (χ0n) is 16.1. The molecule has 0 aromatic heterocycles. The van der Waals surface area contributed by atoms with Crippen molar-refractivity contribution in [3.8, 4) is 5.75 Å². The van der Waals surface area contributed by atoms with Crippen LogP contribution in [-0.2, 0) is 32.7 Å². The van der Waals surface area contributed by atoms with E-state index in [2.05, 4.69) is 10.0 Å². The number of hydrogen-bond acceptors (Lipinski definition) is 5. The predicted octanol–water partition coefficient (Wildman–Crippen LogP) is 2.22. The third-order valence-electron chi connectivity index (χ3n) is 3.98. The van der Waals surface area contributed by atoms with Gasteiger partial charge in [-0.25, -0.2) is 13.1 Å². The molecule has 7 nitrogen and oxygen atoms in total. The van der Waals surface area contributed by atoms with Gasteiger partial charge in [0, 0.05) is 26.6 Å². The monoisotopic (exact) mass is 406 g/mol. The average molecular weight is 407 g/mol. The van der Waals surface area contributed by atoms with E-state index in [1.54, 1.807) is 19.2 Å². The molecular weight excluding hydrogens is 380 g/mol. The lowest BCUT2D eigenvalue weighted by Gasteiger charge is -2.11. The molecule has 0 fully saturated rings. The molecular formula is C20H26N2O5S. The number of ether oxygens (including phenoxy) is 2. The van der Waals surface area contributed by atoms with Crippen molar-refractivity contribution in [2.24, 2.45) is 0 Å². The second kappa shape index (κ2) is 10.8. The van der Waals surface area contributed by atoms with E-state index in [1.165, 1.54) is 12.1 Å². The predicted molar refractivity (Wildman–Crippen MR) is 106 cm³/mol. The summed E-state index contributed by atoms with van der Waals surface area (Å²) < 4.78 is 37.4. The van der Waals surface area contributed by atoms with Gasteiger partial charge in [-0.1, -0.05) is 24.3 Å². The minimum absolute atomic E-state index is 0.0150. The average Bonchev–Trinajstić information content (AvgIpc) is 2.68. The maximum Gasteiger partial charge on any atom is 0.240 e. The van der Waals surface area contributed by atoms with Crippen LogP contribution >= 0.6 is 0 Å². The number of benzene rings is 2. The van der Waals surface area contributed by atoms with Crippen molar-refractivity contribution < 1.29 is 22.7 Å². The van der Waals surface area contributed by atoms with Crippen LogP contribution in [0.2, 0.25) is 0 Å². The van der Waals surface area contributed by atoms with Crippen LogP contribution in [0.1, 0.15) is 24.5 Å². The second-order valence-corrected chi connectivity index (χ2v) is 7.80. The number of carbonyl (C=O) groups excluding carboxylic acids is 1. The van der Waals surface area contributed by atoms with Crippen LogP contribution in [0.3, 0.4) is 0 Å². The molecule has 0 aliphatic rings. The molecule has 28 heavy (non-hydrogen) atoms. The molecule has 1 amide bonds. The third kappa shape index (κ3) is 6.63. The first-order valence-corrected chi connectivity index (χ1v) is 10.5. The van der Waals surface area contributed by atoms with Crippen molar-refractivity contribution >= 4 is 15.9 Å². The molecule has 0 aliphatic carbocycles. The maximum atomic E-state index is 12.3. The highest BCUT2D eigenvalue weighted by molar-refractivity contribution is 7.89. The smallest absolute Gasteiger partial charge is 0.240 e. The van der Waals surface area contributed by atoms with Crippen LogP contribution in [-0.4, -0.2) is 34.6 Å². The molecule has 2 N–H and O–H groups in total. The largest absolute Gasteiger partial charge is 0.494 e. The van der Waals surface area contributed by atoms with Gasteiger partial charge in [0.25, 0.3) is 0 Å². The van der Waals surface area contributed by atoms with Gasteiger partial charge in [0.05, 0.1) is 18.1 Å². The van der Waals surface area contributed by atoms with Gasteiger partial charge in [0.15, 0.2) is 0 Å². The summed E-state index contributed by atoms with van der Waals surface area (Å²) in [5.74, 6) is 0.371. The fraction of sp³-hybridized carbons (Fsp3) is 0.350. The molecule has 0 bridgehead atoms. The lowest BCUT2D eigenvalue weighted by atomic mass is 10.1. The molecule has 0 saturated heterocycles. The summed E-state index contributed by atoms with van der Waals surface area (Å²) in [6, 6.07) is 13.8. The quantitative estimate of drug-likeness (QED) is 0.597. The Morgan fingerprint density at radius 2 is 1.71 bits per heavy atom. The number of amides is 1. The molecule has 0 heterocycles. The number of rotatable bonds is 11. The molecule has 2 aromatic carbocycles. The Bertz CT molecular complexity index is 866. The summed E-state index contributed by atoms with van der Waals surface area (Å²) in [5, 5.41) is 2.80. The van der Waals surface area contributed by atoms with E-state index in [4.69, 9.17) is 9.47 Å². The topological polar surface area (TPSA) is 93.7 Å². The van der Waals surface area contributed by atoms with Gasteiger partial charge < -0.3 is 14.8 Å². The summed E-state index contributed by atoms with van der Waals surface area (Å²) in [6.45, 7) is 3.21. The highest BCUT2D eigenvalue weighted by Crippen LogP contribution is 2.15. The van der Waals surface area contributed by atoms with E-state index in [1.807, 2.05) is 31.2 Å². The summed E-state index contributed by atoms with van der Waals surface area (Å²) in [5.41, 5.74) is 1.97. The summed E-state index contributed by atoms with van der Waals surface area (Å²) in [7, 11) is -2.05. The van der Waals surface area contributed by atoms with Gasteiger partial charge in [-0.2, -0.15) is 0 Å². The highest BCUT2D eigenvalue weighted by Gasteiger charge is 2.14. The summed E-state index contributed by atoms with van der Waals surface area (Å²) in [4.78, 5) is 12.2. The zero-order chi connectivity index (χ0) is 20.4. The van der Waals surface area contributed by atoms with E-state index in [9.17, 15) is 13.2 Å². The summed E-state index contributed by atoms with van der Waals surface area (Å²) >= 11 is 0. The van der Waals surface area contributed by atoms with E-state index in [0.717, 1.165) is 11.1 Å². The van der Waals surface area contributed by atoms with Gasteiger partial charge in [0.2, 0.25) is 15.9 Å². The Kier molecular flexibility index (Phi) is 8.43. The van der Waals surface area contributed by atoms with E-state index < -0.39 is 10.0 Å². The number of methoxy groups -OCH3 is 1. The first-order chi connectivity index (χ1) is 13.5. The first-order valence-electron chi connectivity index (χ1n) is 9.01. The molecule has 0 saturated carbocycles. The van der Waals surface area contributed by atoms with Crippen LogP contribution in [0.25, 0.3) is 0 Å². The first kappa shape index (κ1) is 21.9. The number of nitrogens with one attached hydrogen (secondary N) is 2. The van der Waals surface area contributed by atoms with Crippen molar-refractivity contribution in [3.05, 3.63) is 59.7 Å². The molecule has 152 valence electrons. The van der Waals surface area contributed by atoms with Crippen LogP contribution in [0.4, 0.5) is 0 Å². The molecule has 0 unspecified atom stereocenters. The van der Waals surface area contributed by atoms with Crippen molar-refractivity contribution in [2.75, 3.05) is 20.3 Å². The Labute approximate surface area is 166 Å². The summed E-state index contributed by atoms with van der Waals surface area (Å²) in [6.07, 6.45) is 0.0443. The molecule has 2 aromatic rings. The van der Waals surface area contributed by atoms with Gasteiger partial charge in [-0.05, 0) is 42.3 Å². The van der Waals surface area contributed by atoms with Crippen LogP contribution in [0.5, 0.6) is 5.75 Å². The standard InChI is InChI=1S/C20H26N2O5S/c1-3-27-18-8-10-19(11-9-18)28(24,25)22-13-12-20(23)21-14-16-6-4-5-7-17(16)15-26-2/h4-11,22H,3,12-15H2,1-2H3,(H,21,23). The van der Waals surface area contributed by atoms with Crippen molar-refractivity contribution in [3.63, 3.8) is 0 Å². The highest BCUT2D eigenvalue weighted by atomic mass is 32.2.